The second-order valence-electron chi connectivity index (χ2n) is 16.9. The van der Waals surface area contributed by atoms with Crippen molar-refractivity contribution in [3.63, 3.8) is 0 Å². The van der Waals surface area contributed by atoms with Crippen LogP contribution in [0.5, 0.6) is 0 Å². The SMILES string of the molecule is CC1CC2CC(C)(C1)CC(C)(P(C13CCCC(CC(C)C1)C3)C13CCC(C)(CCC(C)C1)C3)C2. The van der Waals surface area contributed by atoms with E-state index < -0.39 is 0 Å². The van der Waals surface area contributed by atoms with Gasteiger partial charge in [-0.3, -0.25) is 0 Å². The fourth-order valence-corrected chi connectivity index (χ4v) is 20.0. The molecule has 0 aromatic heterocycles. The van der Waals surface area contributed by atoms with Crippen LogP contribution in [0.1, 0.15) is 151 Å². The van der Waals surface area contributed by atoms with Gasteiger partial charge in [-0.2, -0.15) is 0 Å². The van der Waals surface area contributed by atoms with Crippen molar-refractivity contribution >= 4 is 7.92 Å². The number of fused-ring (bicyclic) bond motifs is 6. The van der Waals surface area contributed by atoms with E-state index in [-0.39, 0.29) is 7.92 Å². The van der Waals surface area contributed by atoms with Crippen LogP contribution in [-0.2, 0) is 0 Å². The Hall–Kier alpha value is 0.430. The first-order chi connectivity index (χ1) is 15.9. The lowest BCUT2D eigenvalue weighted by atomic mass is 9.57. The molecule has 11 atom stereocenters. The fourth-order valence-electron chi connectivity index (χ4n) is 13.1. The van der Waals surface area contributed by atoms with Crippen molar-refractivity contribution in [1.29, 1.82) is 0 Å². The van der Waals surface area contributed by atoms with Gasteiger partial charge in [0.1, 0.15) is 0 Å². The maximum Gasteiger partial charge on any atom is -0.00766 e. The summed E-state index contributed by atoms with van der Waals surface area (Å²) in [6, 6.07) is 0. The highest BCUT2D eigenvalue weighted by molar-refractivity contribution is 7.62. The van der Waals surface area contributed by atoms with E-state index in [2.05, 4.69) is 41.5 Å². The van der Waals surface area contributed by atoms with Gasteiger partial charge < -0.3 is 0 Å². The first kappa shape index (κ1) is 24.7. The summed E-state index contributed by atoms with van der Waals surface area (Å²) in [7, 11) is 0.0271. The number of hydrogen-bond acceptors (Lipinski definition) is 0. The molecule has 34 heavy (non-hydrogen) atoms. The third kappa shape index (κ3) is 4.10. The van der Waals surface area contributed by atoms with E-state index in [4.69, 9.17) is 0 Å². The van der Waals surface area contributed by atoms with Crippen molar-refractivity contribution in [1.82, 2.24) is 0 Å². The molecule has 6 bridgehead atoms. The Balaban J connectivity index is 1.48. The summed E-state index contributed by atoms with van der Waals surface area (Å²) in [6.07, 6.45) is 26.8. The van der Waals surface area contributed by atoms with Gasteiger partial charge in [-0.15, -0.1) is 0 Å². The summed E-state index contributed by atoms with van der Waals surface area (Å²) < 4.78 is 0. The van der Waals surface area contributed by atoms with Gasteiger partial charge in [0.15, 0.2) is 0 Å². The molecule has 0 radical (unpaired) electrons. The smallest absolute Gasteiger partial charge is 0.00766 e. The molecule has 6 aliphatic rings. The maximum absolute atomic E-state index is 2.93. The van der Waals surface area contributed by atoms with E-state index >= 15 is 0 Å². The maximum atomic E-state index is 2.93. The highest BCUT2D eigenvalue weighted by Gasteiger charge is 2.65. The van der Waals surface area contributed by atoms with Crippen LogP contribution in [-0.4, -0.2) is 15.5 Å². The zero-order valence-electron chi connectivity index (χ0n) is 23.9. The molecule has 1 heteroatoms. The van der Waals surface area contributed by atoms with Crippen molar-refractivity contribution in [2.75, 3.05) is 0 Å². The van der Waals surface area contributed by atoms with Gasteiger partial charge >= 0.3 is 0 Å². The molecule has 6 rings (SSSR count). The third-order valence-electron chi connectivity index (χ3n) is 12.7. The monoisotopic (exact) mass is 484 g/mol. The van der Waals surface area contributed by atoms with Crippen LogP contribution < -0.4 is 0 Å². The molecule has 0 N–H and O–H groups in total. The standard InChI is InChI=1S/C33H57P/c1-24-9-11-29(4)12-13-33(17-24,23-29)34(32-10-7-8-27(21-32)14-26(3)18-32)31(6)20-28-15-25(2)16-30(5,19-28)22-31/h24-28H,7-23H2,1-6H3. The van der Waals surface area contributed by atoms with E-state index in [9.17, 15) is 0 Å². The van der Waals surface area contributed by atoms with E-state index in [1.54, 1.807) is 89.9 Å². The number of rotatable bonds is 3. The quantitative estimate of drug-likeness (QED) is 0.349. The van der Waals surface area contributed by atoms with Crippen LogP contribution in [0, 0.1) is 40.4 Å². The highest BCUT2D eigenvalue weighted by atomic mass is 31.1. The molecule has 0 aromatic carbocycles. The Morgan fingerprint density at radius 2 is 1.29 bits per heavy atom. The lowest BCUT2D eigenvalue weighted by Crippen LogP contribution is -2.54. The Bertz CT molecular complexity index is 781. The normalized spacial score (nSPS) is 58.2. The number of hydrogen-bond donors (Lipinski definition) is 0. The summed E-state index contributed by atoms with van der Waals surface area (Å²) >= 11 is 0. The molecule has 6 saturated carbocycles. The molecule has 0 aromatic rings. The fraction of sp³-hybridized carbons (Fsp3) is 1.00. The molecule has 0 heterocycles. The van der Waals surface area contributed by atoms with Crippen molar-refractivity contribution in [2.45, 2.75) is 166 Å². The van der Waals surface area contributed by atoms with Crippen LogP contribution >= 0.6 is 7.92 Å². The second-order valence-corrected chi connectivity index (χ2v) is 20.6. The summed E-state index contributed by atoms with van der Waals surface area (Å²) in [5.41, 5.74) is 1.30. The molecule has 0 saturated heterocycles. The van der Waals surface area contributed by atoms with Gasteiger partial charge in [0, 0.05) is 0 Å². The summed E-state index contributed by atoms with van der Waals surface area (Å²) in [5, 5.41) is 2.08. The van der Waals surface area contributed by atoms with Crippen molar-refractivity contribution in [2.24, 2.45) is 40.4 Å². The van der Waals surface area contributed by atoms with Gasteiger partial charge in [0.25, 0.3) is 0 Å². The van der Waals surface area contributed by atoms with Crippen LogP contribution in [0.15, 0.2) is 0 Å². The van der Waals surface area contributed by atoms with E-state index in [0.717, 1.165) is 34.7 Å². The van der Waals surface area contributed by atoms with Crippen molar-refractivity contribution in [3.8, 4) is 0 Å². The van der Waals surface area contributed by atoms with Gasteiger partial charge in [0.05, 0.1) is 0 Å². The van der Waals surface area contributed by atoms with E-state index in [1.807, 2.05) is 0 Å². The van der Waals surface area contributed by atoms with E-state index in [0.29, 0.717) is 21.1 Å². The molecule has 11 unspecified atom stereocenters. The van der Waals surface area contributed by atoms with E-state index in [1.165, 1.54) is 19.3 Å². The molecule has 6 aliphatic carbocycles. The Labute approximate surface area is 214 Å². The molecule has 6 fully saturated rings. The van der Waals surface area contributed by atoms with Crippen LogP contribution in [0.3, 0.4) is 0 Å². The molecule has 0 amide bonds. The summed E-state index contributed by atoms with van der Waals surface area (Å²) in [4.78, 5) is 0. The molecular formula is C33H57P. The molecule has 0 aliphatic heterocycles. The third-order valence-corrected chi connectivity index (χ3v) is 17.2. The highest BCUT2D eigenvalue weighted by Crippen LogP contribution is 2.83. The van der Waals surface area contributed by atoms with Gasteiger partial charge in [-0.25, -0.2) is 0 Å². The topological polar surface area (TPSA) is 0 Å². The predicted octanol–water partition coefficient (Wildman–Crippen LogP) is 10.6. The minimum atomic E-state index is 0.0271. The second kappa shape index (κ2) is 8.21. The Kier molecular flexibility index (Phi) is 5.98. The summed E-state index contributed by atoms with van der Waals surface area (Å²) in [5.74, 6) is 5.01. The molecule has 194 valence electrons. The predicted molar refractivity (Wildman–Crippen MR) is 150 cm³/mol. The van der Waals surface area contributed by atoms with Crippen molar-refractivity contribution in [3.05, 3.63) is 0 Å². The average Bonchev–Trinajstić information content (AvgIpc) is 2.93. The zero-order chi connectivity index (χ0) is 24.0. The van der Waals surface area contributed by atoms with Gasteiger partial charge in [-0.05, 0) is 146 Å². The first-order valence-electron chi connectivity index (χ1n) is 15.8. The minimum absolute atomic E-state index is 0.0271. The first-order valence-corrected chi connectivity index (χ1v) is 17.1. The Morgan fingerprint density at radius 1 is 0.559 bits per heavy atom. The average molecular weight is 485 g/mol. The minimum Gasteiger partial charge on any atom is -0.0878 e. The zero-order valence-corrected chi connectivity index (χ0v) is 24.7. The molecule has 0 spiro atoms. The van der Waals surface area contributed by atoms with Gasteiger partial charge in [0.2, 0.25) is 0 Å². The lowest BCUT2D eigenvalue weighted by Gasteiger charge is -2.66. The van der Waals surface area contributed by atoms with Crippen LogP contribution in [0.25, 0.3) is 0 Å². The van der Waals surface area contributed by atoms with Crippen LogP contribution in [0.4, 0.5) is 0 Å². The van der Waals surface area contributed by atoms with Crippen molar-refractivity contribution < 1.29 is 0 Å². The van der Waals surface area contributed by atoms with Crippen LogP contribution in [0.2, 0.25) is 0 Å². The molecular weight excluding hydrogens is 427 g/mol. The van der Waals surface area contributed by atoms with Gasteiger partial charge in [-0.1, -0.05) is 68.7 Å². The molecule has 0 nitrogen and oxygen atoms in total. The Morgan fingerprint density at radius 3 is 2.09 bits per heavy atom. The lowest BCUT2D eigenvalue weighted by molar-refractivity contribution is 0.0400. The summed E-state index contributed by atoms with van der Waals surface area (Å²) in [6.45, 7) is 16.3. The largest absolute Gasteiger partial charge is 0.0878 e.